The largest absolute Gasteiger partial charge is 0.135 e. The first-order valence-corrected chi connectivity index (χ1v) is 15.2. The van der Waals surface area contributed by atoms with Crippen molar-refractivity contribution in [2.75, 3.05) is 0 Å². The van der Waals surface area contributed by atoms with Crippen LogP contribution in [-0.2, 0) is 5.41 Å². The molecule has 7 aromatic rings. The Labute approximate surface area is 259 Å². The molecular weight excluding hydrogens is 525 g/mol. The molecule has 0 unspecified atom stereocenters. The van der Waals surface area contributed by atoms with Crippen molar-refractivity contribution in [3.05, 3.63) is 143 Å². The smallest absolute Gasteiger partial charge is 0.0630 e. The van der Waals surface area contributed by atoms with Gasteiger partial charge in [0.1, 0.15) is 0 Å². The summed E-state index contributed by atoms with van der Waals surface area (Å²) in [6.07, 6.45) is 0. The van der Waals surface area contributed by atoms with E-state index in [-0.39, 0.29) is 41.2 Å². The Morgan fingerprint density at radius 2 is 1.14 bits per heavy atom. The van der Waals surface area contributed by atoms with E-state index in [9.17, 15) is 0 Å². The lowest BCUT2D eigenvalue weighted by atomic mass is 9.80. The van der Waals surface area contributed by atoms with Crippen LogP contribution >= 0.6 is 11.3 Å². The minimum Gasteiger partial charge on any atom is -0.135 e. The fraction of sp³-hybridized carbons (Fsp3) is 0.122. The van der Waals surface area contributed by atoms with Gasteiger partial charge in [0.05, 0.1) is 6.85 Å². The van der Waals surface area contributed by atoms with Crippen LogP contribution < -0.4 is 0 Å². The number of fused-ring (bicyclic) bond motifs is 5. The molecule has 0 saturated carbocycles. The van der Waals surface area contributed by atoms with E-state index in [0.717, 1.165) is 21.6 Å². The van der Waals surface area contributed by atoms with Gasteiger partial charge >= 0.3 is 0 Å². The lowest BCUT2D eigenvalue weighted by Gasteiger charge is -2.23. The third-order valence-corrected chi connectivity index (χ3v) is 10.0. The molecule has 1 heterocycles. The van der Waals surface area contributed by atoms with Gasteiger partial charge in [0.2, 0.25) is 0 Å². The summed E-state index contributed by atoms with van der Waals surface area (Å²) in [7, 11) is 0. The Hall–Kier alpha value is -4.46. The monoisotopic (exact) mass is 561 g/mol. The van der Waals surface area contributed by atoms with Crippen LogP contribution in [0.2, 0.25) is 0 Å². The van der Waals surface area contributed by atoms with Crippen molar-refractivity contribution in [3.8, 4) is 43.1 Å². The van der Waals surface area contributed by atoms with Crippen molar-refractivity contribution in [1.29, 1.82) is 0 Å². The van der Waals surface area contributed by atoms with Crippen LogP contribution in [0.5, 0.6) is 0 Å². The topological polar surface area (TPSA) is 0 Å². The number of hydrogen-bond acceptors (Lipinski definition) is 1. The van der Waals surface area contributed by atoms with Gasteiger partial charge in [-0.1, -0.05) is 134 Å². The first-order valence-electron chi connectivity index (χ1n) is 16.9. The SMILES string of the molecule is [2H]c1c([2H])c([2H])c(-c2cc3c(s2)-c2ccc(-c4c5ccccc5c(-c5cc(C)cc(C)c5)c5ccccc45)cc2C3(C)C)c([2H])c1[2H]. The van der Waals surface area contributed by atoms with E-state index in [0.29, 0.717) is 4.88 Å². The fourth-order valence-electron chi connectivity index (χ4n) is 6.98. The highest BCUT2D eigenvalue weighted by Gasteiger charge is 2.38. The lowest BCUT2D eigenvalue weighted by Crippen LogP contribution is -2.14. The second kappa shape index (κ2) is 9.28. The molecule has 202 valence electrons. The third-order valence-electron chi connectivity index (χ3n) is 8.82. The van der Waals surface area contributed by atoms with E-state index in [2.05, 4.69) is 113 Å². The van der Waals surface area contributed by atoms with Crippen LogP contribution in [0.15, 0.2) is 121 Å². The second-order valence-electron chi connectivity index (χ2n) is 12.0. The van der Waals surface area contributed by atoms with Crippen LogP contribution in [0.4, 0.5) is 0 Å². The first kappa shape index (κ1) is 20.4. The summed E-state index contributed by atoms with van der Waals surface area (Å²) < 4.78 is 41.5. The number of benzene rings is 6. The highest BCUT2D eigenvalue weighted by Crippen LogP contribution is 2.55. The van der Waals surface area contributed by atoms with Gasteiger partial charge in [0, 0.05) is 15.2 Å². The summed E-state index contributed by atoms with van der Waals surface area (Å²) in [4.78, 5) is 1.80. The van der Waals surface area contributed by atoms with E-state index in [4.69, 9.17) is 6.85 Å². The van der Waals surface area contributed by atoms with E-state index >= 15 is 0 Å². The van der Waals surface area contributed by atoms with Crippen LogP contribution in [0.25, 0.3) is 64.7 Å². The van der Waals surface area contributed by atoms with E-state index in [1.807, 2.05) is 6.07 Å². The Balaban J connectivity index is 1.34. The van der Waals surface area contributed by atoms with Crippen molar-refractivity contribution < 1.29 is 6.85 Å². The molecule has 0 amide bonds. The molecule has 0 atom stereocenters. The molecule has 0 fully saturated rings. The van der Waals surface area contributed by atoms with Gasteiger partial charge < -0.3 is 0 Å². The van der Waals surface area contributed by atoms with Crippen molar-refractivity contribution >= 4 is 32.9 Å². The molecule has 0 nitrogen and oxygen atoms in total. The van der Waals surface area contributed by atoms with Crippen LogP contribution in [0, 0.1) is 13.8 Å². The quantitative estimate of drug-likeness (QED) is 0.188. The second-order valence-corrected chi connectivity index (χ2v) is 13.0. The summed E-state index contributed by atoms with van der Waals surface area (Å²) in [5.74, 6) is 0. The predicted molar refractivity (Wildman–Crippen MR) is 183 cm³/mol. The number of aryl methyl sites for hydroxylation is 2. The van der Waals surface area contributed by atoms with Crippen LogP contribution in [0.3, 0.4) is 0 Å². The van der Waals surface area contributed by atoms with Gasteiger partial charge in [-0.05, 0) is 92.0 Å². The Morgan fingerprint density at radius 3 is 1.74 bits per heavy atom. The summed E-state index contributed by atoms with van der Waals surface area (Å²) >= 11 is 1.51. The lowest BCUT2D eigenvalue weighted by molar-refractivity contribution is 0.662. The molecule has 0 bridgehead atoms. The molecule has 1 aromatic heterocycles. The number of thiophene rings is 1. The zero-order chi connectivity index (χ0) is 32.9. The molecule has 0 spiro atoms. The molecular formula is C41H32S. The van der Waals surface area contributed by atoms with E-state index in [1.165, 1.54) is 66.3 Å². The van der Waals surface area contributed by atoms with Crippen molar-refractivity contribution in [2.45, 2.75) is 33.1 Å². The molecule has 42 heavy (non-hydrogen) atoms. The van der Waals surface area contributed by atoms with Crippen LogP contribution in [0.1, 0.15) is 43.0 Å². The maximum atomic E-state index is 8.55. The summed E-state index contributed by atoms with van der Waals surface area (Å²) in [5.41, 5.74) is 10.8. The highest BCUT2D eigenvalue weighted by atomic mass is 32.1. The molecule has 0 radical (unpaired) electrons. The molecule has 0 saturated heterocycles. The minimum absolute atomic E-state index is 0.160. The molecule has 1 aliphatic rings. The molecule has 0 aliphatic heterocycles. The van der Waals surface area contributed by atoms with Crippen LogP contribution in [-0.4, -0.2) is 0 Å². The fourth-order valence-corrected chi connectivity index (χ4v) is 8.29. The predicted octanol–water partition coefficient (Wildman–Crippen LogP) is 12.0. The maximum Gasteiger partial charge on any atom is 0.0630 e. The molecule has 0 N–H and O–H groups in total. The normalized spacial score (nSPS) is 15.1. The highest BCUT2D eigenvalue weighted by molar-refractivity contribution is 7.19. The Kier molecular flexibility index (Phi) is 4.51. The van der Waals surface area contributed by atoms with Gasteiger partial charge in [-0.15, -0.1) is 11.3 Å². The Bertz CT molecular complexity index is 2360. The van der Waals surface area contributed by atoms with Gasteiger partial charge in [-0.25, -0.2) is 0 Å². The van der Waals surface area contributed by atoms with Crippen molar-refractivity contribution in [3.63, 3.8) is 0 Å². The third kappa shape index (κ3) is 3.74. The summed E-state index contributed by atoms with van der Waals surface area (Å²) in [6.45, 7) is 8.76. The number of rotatable bonds is 3. The average Bonchev–Trinajstić information content (AvgIpc) is 3.58. The van der Waals surface area contributed by atoms with Crippen molar-refractivity contribution in [2.24, 2.45) is 0 Å². The standard InChI is InChI=1S/C41H32S/c1-25-20-26(2)22-29(21-25)39-32-16-10-8-14-30(32)38(31-15-9-11-17-33(31)39)28-18-19-34-35(23-28)41(3,4)36-24-37(42-40(34)36)27-12-6-5-7-13-27/h5-24H,1-4H3/i5D,6D,7D,12D,13D. The maximum absolute atomic E-state index is 8.55. The average molecular weight is 562 g/mol. The zero-order valence-corrected chi connectivity index (χ0v) is 24.9. The summed E-state index contributed by atoms with van der Waals surface area (Å²) in [5, 5.41) is 4.89. The molecule has 1 heteroatoms. The Morgan fingerprint density at radius 1 is 0.571 bits per heavy atom. The summed E-state index contributed by atoms with van der Waals surface area (Å²) in [6, 6.07) is 31.8. The molecule has 1 aliphatic carbocycles. The first-order chi connectivity index (χ1) is 22.5. The molecule has 6 aromatic carbocycles. The molecule has 8 rings (SSSR count). The number of hydrogen-bond donors (Lipinski definition) is 0. The minimum atomic E-state index is -0.367. The van der Waals surface area contributed by atoms with E-state index in [1.54, 1.807) is 0 Å². The van der Waals surface area contributed by atoms with Crippen molar-refractivity contribution in [1.82, 2.24) is 0 Å². The van der Waals surface area contributed by atoms with E-state index < -0.39 is 0 Å². The van der Waals surface area contributed by atoms with Gasteiger partial charge in [0.25, 0.3) is 0 Å². The zero-order valence-electron chi connectivity index (χ0n) is 29.1. The van der Waals surface area contributed by atoms with Gasteiger partial charge in [-0.3, -0.25) is 0 Å². The van der Waals surface area contributed by atoms with Gasteiger partial charge in [0.15, 0.2) is 0 Å². The van der Waals surface area contributed by atoms with Gasteiger partial charge in [-0.2, -0.15) is 0 Å².